The van der Waals surface area contributed by atoms with Gasteiger partial charge in [0.1, 0.15) is 11.6 Å². The molecule has 0 radical (unpaired) electrons. The number of nitrogens with zero attached hydrogens (tertiary/aromatic N) is 3. The highest BCUT2D eigenvalue weighted by atomic mass is 16.3. The van der Waals surface area contributed by atoms with Crippen molar-refractivity contribution in [2.75, 3.05) is 18.9 Å². The standard InChI is InChI=1S/C9H14N4O/c1-6-11-8-5-13(2-3-14)4-7(8)9(10)12-6/h14H,2-5H2,1H3,(H2,10,11,12). The number of hydrogen-bond donors (Lipinski definition) is 2. The molecule has 0 bridgehead atoms. The summed E-state index contributed by atoms with van der Waals surface area (Å²) in [4.78, 5) is 10.6. The van der Waals surface area contributed by atoms with Gasteiger partial charge in [-0.3, -0.25) is 4.90 Å². The highest BCUT2D eigenvalue weighted by Crippen LogP contribution is 2.24. The minimum absolute atomic E-state index is 0.167. The van der Waals surface area contributed by atoms with Crippen molar-refractivity contribution in [3.05, 3.63) is 17.1 Å². The van der Waals surface area contributed by atoms with Crippen LogP contribution in [0, 0.1) is 6.92 Å². The molecular formula is C9H14N4O. The second-order valence-electron chi connectivity index (χ2n) is 3.52. The van der Waals surface area contributed by atoms with Gasteiger partial charge in [-0.1, -0.05) is 0 Å². The highest BCUT2D eigenvalue weighted by Gasteiger charge is 2.22. The van der Waals surface area contributed by atoms with E-state index in [0.29, 0.717) is 18.2 Å². The SMILES string of the molecule is Cc1nc(N)c2c(n1)CN(CCO)C2. The smallest absolute Gasteiger partial charge is 0.131 e. The van der Waals surface area contributed by atoms with Crippen LogP contribution in [0.4, 0.5) is 5.82 Å². The van der Waals surface area contributed by atoms with E-state index in [1.807, 2.05) is 6.92 Å². The lowest BCUT2D eigenvalue weighted by molar-refractivity contribution is 0.197. The lowest BCUT2D eigenvalue weighted by atomic mass is 10.2. The topological polar surface area (TPSA) is 75.3 Å². The summed E-state index contributed by atoms with van der Waals surface area (Å²) in [7, 11) is 0. The maximum Gasteiger partial charge on any atom is 0.131 e. The molecule has 76 valence electrons. The third-order valence-electron chi connectivity index (χ3n) is 2.41. The Morgan fingerprint density at radius 1 is 1.43 bits per heavy atom. The molecule has 0 atom stereocenters. The molecule has 0 spiro atoms. The molecule has 1 aromatic rings. The number of anilines is 1. The Morgan fingerprint density at radius 2 is 2.21 bits per heavy atom. The van der Waals surface area contributed by atoms with Crippen molar-refractivity contribution in [1.82, 2.24) is 14.9 Å². The van der Waals surface area contributed by atoms with E-state index in [1.54, 1.807) is 0 Å². The molecule has 5 heteroatoms. The predicted molar refractivity (Wildman–Crippen MR) is 52.4 cm³/mol. The van der Waals surface area contributed by atoms with E-state index in [2.05, 4.69) is 14.9 Å². The van der Waals surface area contributed by atoms with Crippen LogP contribution in [0.15, 0.2) is 0 Å². The molecule has 0 saturated heterocycles. The van der Waals surface area contributed by atoms with Crippen molar-refractivity contribution in [3.8, 4) is 0 Å². The van der Waals surface area contributed by atoms with Gasteiger partial charge in [0.25, 0.3) is 0 Å². The lowest BCUT2D eigenvalue weighted by Gasteiger charge is -2.11. The van der Waals surface area contributed by atoms with Crippen LogP contribution in [0.2, 0.25) is 0 Å². The zero-order valence-corrected chi connectivity index (χ0v) is 8.19. The number of aryl methyl sites for hydroxylation is 1. The van der Waals surface area contributed by atoms with Crippen LogP contribution in [0.3, 0.4) is 0 Å². The Hall–Kier alpha value is -1.20. The predicted octanol–water partition coefficient (Wildman–Crippen LogP) is -0.325. The summed E-state index contributed by atoms with van der Waals surface area (Å²) in [6.07, 6.45) is 0. The molecule has 0 unspecified atom stereocenters. The van der Waals surface area contributed by atoms with Gasteiger partial charge in [-0.2, -0.15) is 0 Å². The quantitative estimate of drug-likeness (QED) is 0.674. The summed E-state index contributed by atoms with van der Waals surface area (Å²) in [5, 5.41) is 8.82. The van der Waals surface area contributed by atoms with E-state index in [9.17, 15) is 0 Å². The number of nitrogens with two attached hydrogens (primary N) is 1. The van der Waals surface area contributed by atoms with E-state index >= 15 is 0 Å². The molecule has 1 aliphatic rings. The third kappa shape index (κ3) is 1.56. The Morgan fingerprint density at radius 3 is 2.93 bits per heavy atom. The molecule has 0 saturated carbocycles. The summed E-state index contributed by atoms with van der Waals surface area (Å²) in [5.41, 5.74) is 7.81. The first-order valence-electron chi connectivity index (χ1n) is 4.66. The Balaban J connectivity index is 2.26. The summed E-state index contributed by atoms with van der Waals surface area (Å²) < 4.78 is 0. The molecule has 14 heavy (non-hydrogen) atoms. The van der Waals surface area contributed by atoms with Crippen LogP contribution >= 0.6 is 0 Å². The molecule has 3 N–H and O–H groups in total. The number of β-amino-alcohol motifs (C(OH)–C–C–N with tert-alkyl or cyclic N) is 1. The number of aliphatic hydroxyl groups excluding tert-OH is 1. The van der Waals surface area contributed by atoms with Crippen LogP contribution in [-0.4, -0.2) is 33.1 Å². The van der Waals surface area contributed by atoms with E-state index < -0.39 is 0 Å². The van der Waals surface area contributed by atoms with Gasteiger partial charge >= 0.3 is 0 Å². The van der Waals surface area contributed by atoms with Crippen molar-refractivity contribution < 1.29 is 5.11 Å². The highest BCUT2D eigenvalue weighted by molar-refractivity contribution is 5.44. The van der Waals surface area contributed by atoms with Gasteiger partial charge in [0.05, 0.1) is 12.3 Å². The molecule has 1 aliphatic heterocycles. The summed E-state index contributed by atoms with van der Waals surface area (Å²) in [6, 6.07) is 0. The van der Waals surface area contributed by atoms with Gasteiger partial charge in [0.2, 0.25) is 0 Å². The molecule has 0 fully saturated rings. The molecular weight excluding hydrogens is 180 g/mol. The zero-order valence-electron chi connectivity index (χ0n) is 8.19. The van der Waals surface area contributed by atoms with Crippen LogP contribution in [-0.2, 0) is 13.1 Å². The van der Waals surface area contributed by atoms with Crippen LogP contribution in [0.25, 0.3) is 0 Å². The molecule has 0 aliphatic carbocycles. The van der Waals surface area contributed by atoms with Crippen molar-refractivity contribution in [2.24, 2.45) is 0 Å². The van der Waals surface area contributed by atoms with Crippen LogP contribution in [0.5, 0.6) is 0 Å². The molecule has 0 amide bonds. The minimum atomic E-state index is 0.167. The van der Waals surface area contributed by atoms with E-state index in [0.717, 1.165) is 24.3 Å². The third-order valence-corrected chi connectivity index (χ3v) is 2.41. The van der Waals surface area contributed by atoms with Gasteiger partial charge < -0.3 is 10.8 Å². The summed E-state index contributed by atoms with van der Waals surface area (Å²) >= 11 is 0. The van der Waals surface area contributed by atoms with Crippen molar-refractivity contribution in [3.63, 3.8) is 0 Å². The van der Waals surface area contributed by atoms with Crippen molar-refractivity contribution >= 4 is 5.82 Å². The maximum atomic E-state index is 8.82. The number of hydrogen-bond acceptors (Lipinski definition) is 5. The first kappa shape index (κ1) is 9.36. The number of aliphatic hydroxyl groups is 1. The number of aromatic nitrogens is 2. The van der Waals surface area contributed by atoms with Gasteiger partial charge in [-0.15, -0.1) is 0 Å². The Kier molecular flexibility index (Phi) is 2.35. The lowest BCUT2D eigenvalue weighted by Crippen LogP contribution is -2.20. The molecule has 5 nitrogen and oxygen atoms in total. The normalized spacial score (nSPS) is 15.9. The molecule has 1 aromatic heterocycles. The fourth-order valence-electron chi connectivity index (χ4n) is 1.77. The van der Waals surface area contributed by atoms with Gasteiger partial charge in [-0.05, 0) is 6.92 Å². The average molecular weight is 194 g/mol. The minimum Gasteiger partial charge on any atom is -0.395 e. The maximum absolute atomic E-state index is 8.82. The number of nitrogen functional groups attached to an aromatic ring is 1. The van der Waals surface area contributed by atoms with Gasteiger partial charge in [0, 0.05) is 25.2 Å². The average Bonchev–Trinajstić information content (AvgIpc) is 2.48. The van der Waals surface area contributed by atoms with E-state index in [1.165, 1.54) is 0 Å². The van der Waals surface area contributed by atoms with Crippen molar-refractivity contribution in [2.45, 2.75) is 20.0 Å². The largest absolute Gasteiger partial charge is 0.395 e. The van der Waals surface area contributed by atoms with Gasteiger partial charge in [0.15, 0.2) is 0 Å². The molecule has 0 aromatic carbocycles. The molecule has 2 rings (SSSR count). The zero-order chi connectivity index (χ0) is 10.1. The first-order valence-corrected chi connectivity index (χ1v) is 4.66. The van der Waals surface area contributed by atoms with Crippen LogP contribution < -0.4 is 5.73 Å². The molecule has 2 heterocycles. The fraction of sp³-hybridized carbons (Fsp3) is 0.556. The van der Waals surface area contributed by atoms with E-state index in [-0.39, 0.29) is 6.61 Å². The monoisotopic (exact) mass is 194 g/mol. The van der Waals surface area contributed by atoms with E-state index in [4.69, 9.17) is 10.8 Å². The second kappa shape index (κ2) is 3.51. The van der Waals surface area contributed by atoms with Crippen LogP contribution in [0.1, 0.15) is 17.1 Å². The van der Waals surface area contributed by atoms with Crippen molar-refractivity contribution in [1.29, 1.82) is 0 Å². The number of fused-ring (bicyclic) bond motifs is 1. The fourth-order valence-corrected chi connectivity index (χ4v) is 1.77. The summed E-state index contributed by atoms with van der Waals surface area (Å²) in [5.74, 6) is 1.29. The number of rotatable bonds is 2. The second-order valence-corrected chi connectivity index (χ2v) is 3.52. The summed E-state index contributed by atoms with van der Waals surface area (Å²) in [6.45, 7) is 4.19. The first-order chi connectivity index (χ1) is 6.70. The Bertz CT molecular complexity index is 353. The van der Waals surface area contributed by atoms with Gasteiger partial charge in [-0.25, -0.2) is 9.97 Å². The Labute approximate surface area is 82.6 Å².